The van der Waals surface area contributed by atoms with Gasteiger partial charge in [0.25, 0.3) is 0 Å². The van der Waals surface area contributed by atoms with Crippen molar-refractivity contribution in [2.75, 3.05) is 19.7 Å². The molecule has 0 saturated heterocycles. The maximum Gasteiger partial charge on any atom is 0.123 e. The van der Waals surface area contributed by atoms with Crippen LogP contribution in [0.15, 0.2) is 24.3 Å². The summed E-state index contributed by atoms with van der Waals surface area (Å²) in [7, 11) is 0. The van der Waals surface area contributed by atoms with Crippen LogP contribution in [-0.4, -0.2) is 42.1 Å². The smallest absolute Gasteiger partial charge is 0.123 e. The van der Waals surface area contributed by atoms with Gasteiger partial charge in [-0.1, -0.05) is 13.3 Å². The number of hydrogen-bond donors (Lipinski definition) is 3. The van der Waals surface area contributed by atoms with Crippen molar-refractivity contribution in [2.24, 2.45) is 0 Å². The Morgan fingerprint density at radius 2 is 1.79 bits per heavy atom. The molecule has 5 heteroatoms. The van der Waals surface area contributed by atoms with Crippen LogP contribution in [-0.2, 0) is 0 Å². The molecule has 2 unspecified atom stereocenters. The van der Waals surface area contributed by atoms with Crippen LogP contribution in [0.3, 0.4) is 0 Å². The first-order valence-corrected chi connectivity index (χ1v) is 6.57. The van der Waals surface area contributed by atoms with Gasteiger partial charge in [-0.3, -0.25) is 0 Å². The molecular formula is C14H22FNO3. The van der Waals surface area contributed by atoms with Crippen LogP contribution in [0, 0.1) is 5.82 Å². The van der Waals surface area contributed by atoms with Crippen LogP contribution in [0.25, 0.3) is 0 Å². The second-order valence-corrected chi connectivity index (χ2v) is 4.52. The molecule has 0 aliphatic carbocycles. The van der Waals surface area contributed by atoms with Crippen molar-refractivity contribution in [3.63, 3.8) is 0 Å². The fraction of sp³-hybridized carbons (Fsp3) is 0.571. The summed E-state index contributed by atoms with van der Waals surface area (Å²) in [5.41, 5.74) is 0. The molecule has 0 bridgehead atoms. The minimum Gasteiger partial charge on any atom is -0.491 e. The quantitative estimate of drug-likeness (QED) is 0.634. The number of aliphatic hydroxyl groups is 2. The molecule has 1 rings (SSSR count). The number of aliphatic hydroxyl groups excluding tert-OH is 2. The van der Waals surface area contributed by atoms with Crippen LogP contribution in [0.1, 0.15) is 19.8 Å². The molecule has 0 fully saturated rings. The number of benzene rings is 1. The average Bonchev–Trinajstić information content (AvgIpc) is 2.38. The van der Waals surface area contributed by atoms with Gasteiger partial charge in [-0.15, -0.1) is 0 Å². The van der Waals surface area contributed by atoms with E-state index in [2.05, 4.69) is 5.32 Å². The molecule has 4 nitrogen and oxygen atoms in total. The summed E-state index contributed by atoms with van der Waals surface area (Å²) < 4.78 is 18.0. The highest BCUT2D eigenvalue weighted by atomic mass is 19.1. The summed E-state index contributed by atoms with van der Waals surface area (Å²) in [6.07, 6.45) is 0.628. The fourth-order valence-electron chi connectivity index (χ4n) is 1.63. The lowest BCUT2D eigenvalue weighted by Crippen LogP contribution is -2.35. The molecule has 0 aromatic heterocycles. The Kier molecular flexibility index (Phi) is 7.40. The standard InChI is InChI=1S/C14H22FNO3/c1-2-3-12(17)8-16-9-13(18)10-19-14-6-4-11(15)5-7-14/h4-7,12-13,16-18H,2-3,8-10H2,1H3. The monoisotopic (exact) mass is 271 g/mol. The molecule has 0 radical (unpaired) electrons. The number of ether oxygens (including phenoxy) is 1. The van der Waals surface area contributed by atoms with Gasteiger partial charge in [0.05, 0.1) is 6.10 Å². The Morgan fingerprint density at radius 3 is 2.42 bits per heavy atom. The minimum absolute atomic E-state index is 0.127. The van der Waals surface area contributed by atoms with Crippen LogP contribution in [0.4, 0.5) is 4.39 Å². The zero-order valence-corrected chi connectivity index (χ0v) is 11.2. The maximum absolute atomic E-state index is 12.7. The minimum atomic E-state index is -0.668. The molecule has 1 aromatic carbocycles. The summed E-state index contributed by atoms with van der Waals surface area (Å²) in [4.78, 5) is 0. The molecule has 0 heterocycles. The van der Waals surface area contributed by atoms with Gasteiger partial charge < -0.3 is 20.3 Å². The van der Waals surface area contributed by atoms with Crippen molar-refractivity contribution in [3.8, 4) is 5.75 Å². The van der Waals surface area contributed by atoms with Crippen LogP contribution in [0.5, 0.6) is 5.75 Å². The molecule has 2 atom stereocenters. The average molecular weight is 271 g/mol. The predicted molar refractivity (Wildman–Crippen MR) is 71.7 cm³/mol. The van der Waals surface area contributed by atoms with Gasteiger partial charge in [0, 0.05) is 13.1 Å². The van der Waals surface area contributed by atoms with Gasteiger partial charge >= 0.3 is 0 Å². The van der Waals surface area contributed by atoms with E-state index in [0.29, 0.717) is 18.8 Å². The molecule has 19 heavy (non-hydrogen) atoms. The van der Waals surface area contributed by atoms with Gasteiger partial charge in [-0.05, 0) is 30.7 Å². The SMILES string of the molecule is CCCC(O)CNCC(O)COc1ccc(F)cc1. The van der Waals surface area contributed by atoms with Gasteiger partial charge in [0.15, 0.2) is 0 Å². The first-order valence-electron chi connectivity index (χ1n) is 6.57. The van der Waals surface area contributed by atoms with Gasteiger partial charge in [0.1, 0.15) is 24.3 Å². The molecule has 108 valence electrons. The summed E-state index contributed by atoms with van der Waals surface area (Å²) in [5, 5.41) is 22.1. The van der Waals surface area contributed by atoms with Gasteiger partial charge in [-0.25, -0.2) is 4.39 Å². The first-order chi connectivity index (χ1) is 9.11. The van der Waals surface area contributed by atoms with E-state index >= 15 is 0 Å². The Balaban J connectivity index is 2.14. The maximum atomic E-state index is 12.7. The summed E-state index contributed by atoms with van der Waals surface area (Å²) >= 11 is 0. The zero-order chi connectivity index (χ0) is 14.1. The van der Waals surface area contributed by atoms with Crippen molar-refractivity contribution >= 4 is 0 Å². The van der Waals surface area contributed by atoms with E-state index < -0.39 is 6.10 Å². The normalized spacial score (nSPS) is 14.1. The highest BCUT2D eigenvalue weighted by Gasteiger charge is 2.07. The molecule has 0 aliphatic heterocycles. The largest absolute Gasteiger partial charge is 0.491 e. The van der Waals surface area contributed by atoms with Crippen molar-refractivity contribution < 1.29 is 19.3 Å². The van der Waals surface area contributed by atoms with E-state index in [1.165, 1.54) is 24.3 Å². The zero-order valence-electron chi connectivity index (χ0n) is 11.2. The van der Waals surface area contributed by atoms with E-state index in [9.17, 15) is 14.6 Å². The number of nitrogens with one attached hydrogen (secondary N) is 1. The lowest BCUT2D eigenvalue weighted by atomic mass is 10.2. The highest BCUT2D eigenvalue weighted by molar-refractivity contribution is 5.22. The van der Waals surface area contributed by atoms with Crippen molar-refractivity contribution in [2.45, 2.75) is 32.0 Å². The van der Waals surface area contributed by atoms with E-state index in [4.69, 9.17) is 4.74 Å². The number of rotatable bonds is 9. The van der Waals surface area contributed by atoms with Gasteiger partial charge in [-0.2, -0.15) is 0 Å². The molecule has 0 saturated carbocycles. The summed E-state index contributed by atoms with van der Waals surface area (Å²) in [6, 6.07) is 5.64. The topological polar surface area (TPSA) is 61.7 Å². The second-order valence-electron chi connectivity index (χ2n) is 4.52. The molecule has 0 spiro atoms. The second kappa shape index (κ2) is 8.85. The number of hydrogen-bond acceptors (Lipinski definition) is 4. The van der Waals surface area contributed by atoms with Crippen molar-refractivity contribution in [1.29, 1.82) is 0 Å². The summed E-state index contributed by atoms with van der Waals surface area (Å²) in [6.45, 7) is 2.94. The first kappa shape index (κ1) is 15.9. The molecule has 3 N–H and O–H groups in total. The molecule has 0 aliphatic rings. The Bertz CT molecular complexity index is 345. The highest BCUT2D eigenvalue weighted by Crippen LogP contribution is 2.11. The molecule has 1 aromatic rings. The lowest BCUT2D eigenvalue weighted by molar-refractivity contribution is 0.0984. The number of halogens is 1. The van der Waals surface area contributed by atoms with E-state index in [0.717, 1.165) is 12.8 Å². The van der Waals surface area contributed by atoms with E-state index in [1.54, 1.807) is 0 Å². The van der Waals surface area contributed by atoms with Gasteiger partial charge in [0.2, 0.25) is 0 Å². The fourth-order valence-corrected chi connectivity index (χ4v) is 1.63. The Morgan fingerprint density at radius 1 is 1.16 bits per heavy atom. The third-order valence-corrected chi connectivity index (χ3v) is 2.64. The van der Waals surface area contributed by atoms with Crippen molar-refractivity contribution in [1.82, 2.24) is 5.32 Å². The Hall–Kier alpha value is -1.17. The van der Waals surface area contributed by atoms with Crippen LogP contribution >= 0.6 is 0 Å². The lowest BCUT2D eigenvalue weighted by Gasteiger charge is -2.15. The van der Waals surface area contributed by atoms with Crippen LogP contribution in [0.2, 0.25) is 0 Å². The Labute approximate surface area is 113 Å². The predicted octanol–water partition coefficient (Wildman–Crippen LogP) is 1.32. The van der Waals surface area contributed by atoms with E-state index in [1.807, 2.05) is 6.92 Å². The van der Waals surface area contributed by atoms with Crippen LogP contribution < -0.4 is 10.1 Å². The molecular weight excluding hydrogens is 249 g/mol. The van der Waals surface area contributed by atoms with E-state index in [-0.39, 0.29) is 18.5 Å². The third-order valence-electron chi connectivity index (χ3n) is 2.64. The summed E-state index contributed by atoms with van der Waals surface area (Å²) in [5.74, 6) is 0.200. The van der Waals surface area contributed by atoms with Crippen molar-refractivity contribution in [3.05, 3.63) is 30.1 Å². The molecule has 0 amide bonds. The third kappa shape index (κ3) is 7.10.